The van der Waals surface area contributed by atoms with Gasteiger partial charge in [-0.05, 0) is 13.0 Å². The quantitative estimate of drug-likeness (QED) is 0.672. The smallest absolute Gasteiger partial charge is 0.270 e. The molecule has 0 unspecified atom stereocenters. The highest BCUT2D eigenvalue weighted by Crippen LogP contribution is 2.30. The number of aliphatic hydroxyl groups is 1. The highest BCUT2D eigenvalue weighted by molar-refractivity contribution is 7.09. The van der Waals surface area contributed by atoms with E-state index in [1.165, 1.54) is 36.5 Å². The molecular formula is C12H12N2O4S. The molecule has 0 fully saturated rings. The standard InChI is InChI=1S/C12H12N2O4S/c1-8(15)10-6-9(14(16)17)2-3-11(10)18-7-12-13-4-5-19-12/h2-6,8,15H,7H2,1H3/t8-/m1/s1. The molecule has 0 spiro atoms. The van der Waals surface area contributed by atoms with Crippen molar-refractivity contribution in [1.82, 2.24) is 4.98 Å². The molecule has 0 aliphatic rings. The molecule has 0 saturated heterocycles. The minimum absolute atomic E-state index is 0.0718. The van der Waals surface area contributed by atoms with Crippen LogP contribution in [0.25, 0.3) is 0 Å². The second kappa shape index (κ2) is 5.77. The van der Waals surface area contributed by atoms with Crippen molar-refractivity contribution in [1.29, 1.82) is 0 Å². The van der Waals surface area contributed by atoms with Gasteiger partial charge in [-0.3, -0.25) is 10.1 Å². The molecule has 7 heteroatoms. The molecule has 1 atom stereocenters. The lowest BCUT2D eigenvalue weighted by molar-refractivity contribution is -0.385. The molecule has 1 aromatic carbocycles. The normalized spacial score (nSPS) is 12.1. The molecule has 0 aliphatic heterocycles. The van der Waals surface area contributed by atoms with Crippen molar-refractivity contribution in [3.05, 3.63) is 50.5 Å². The number of nitro benzene ring substituents is 1. The Labute approximate surface area is 113 Å². The summed E-state index contributed by atoms with van der Waals surface area (Å²) in [6.07, 6.45) is 0.834. The van der Waals surface area contributed by atoms with Crippen LogP contribution in [-0.2, 0) is 6.61 Å². The molecule has 1 heterocycles. The van der Waals surface area contributed by atoms with Crippen LogP contribution in [0.5, 0.6) is 5.75 Å². The number of aliphatic hydroxyl groups excluding tert-OH is 1. The summed E-state index contributed by atoms with van der Waals surface area (Å²) in [7, 11) is 0. The zero-order valence-corrected chi connectivity index (χ0v) is 11.0. The Morgan fingerprint density at radius 1 is 1.58 bits per heavy atom. The Hall–Kier alpha value is -1.99. The molecule has 6 nitrogen and oxygen atoms in total. The fraction of sp³-hybridized carbons (Fsp3) is 0.250. The van der Waals surface area contributed by atoms with E-state index in [4.69, 9.17) is 4.74 Å². The number of hydrogen-bond acceptors (Lipinski definition) is 6. The maximum Gasteiger partial charge on any atom is 0.270 e. The number of nitro groups is 1. The van der Waals surface area contributed by atoms with Crippen LogP contribution in [0.4, 0.5) is 5.69 Å². The van der Waals surface area contributed by atoms with E-state index < -0.39 is 11.0 Å². The van der Waals surface area contributed by atoms with Crippen molar-refractivity contribution in [3.63, 3.8) is 0 Å². The molecule has 1 aromatic heterocycles. The summed E-state index contributed by atoms with van der Waals surface area (Å²) in [6.45, 7) is 1.81. The second-order valence-corrected chi connectivity index (χ2v) is 4.85. The Morgan fingerprint density at radius 2 is 2.37 bits per heavy atom. The van der Waals surface area contributed by atoms with Crippen LogP contribution in [0.15, 0.2) is 29.8 Å². The van der Waals surface area contributed by atoms with E-state index in [1.807, 2.05) is 5.38 Å². The minimum Gasteiger partial charge on any atom is -0.486 e. The number of hydrogen-bond donors (Lipinski definition) is 1. The predicted octanol–water partition coefficient (Wildman–Crippen LogP) is 2.68. The van der Waals surface area contributed by atoms with E-state index in [9.17, 15) is 15.2 Å². The molecule has 0 bridgehead atoms. The van der Waals surface area contributed by atoms with E-state index in [-0.39, 0.29) is 12.3 Å². The fourth-order valence-electron chi connectivity index (χ4n) is 1.57. The summed E-state index contributed by atoms with van der Waals surface area (Å²) in [6, 6.07) is 4.17. The Kier molecular flexibility index (Phi) is 4.08. The number of ether oxygens (including phenoxy) is 1. The zero-order valence-electron chi connectivity index (χ0n) is 10.1. The van der Waals surface area contributed by atoms with Crippen LogP contribution in [0.3, 0.4) is 0 Å². The first-order valence-corrected chi connectivity index (χ1v) is 6.43. The number of aromatic nitrogens is 1. The second-order valence-electron chi connectivity index (χ2n) is 3.87. The number of thiazole rings is 1. The average Bonchev–Trinajstić information content (AvgIpc) is 2.89. The summed E-state index contributed by atoms with van der Waals surface area (Å²) >= 11 is 1.46. The van der Waals surface area contributed by atoms with Crippen molar-refractivity contribution in [2.75, 3.05) is 0 Å². The maximum absolute atomic E-state index is 10.7. The lowest BCUT2D eigenvalue weighted by Crippen LogP contribution is -2.02. The topological polar surface area (TPSA) is 85.5 Å². The largest absolute Gasteiger partial charge is 0.486 e. The van der Waals surface area contributed by atoms with E-state index >= 15 is 0 Å². The van der Waals surface area contributed by atoms with Crippen molar-refractivity contribution in [3.8, 4) is 5.75 Å². The molecule has 0 saturated carbocycles. The van der Waals surface area contributed by atoms with E-state index in [0.717, 1.165) is 5.01 Å². The predicted molar refractivity (Wildman–Crippen MR) is 70.2 cm³/mol. The zero-order chi connectivity index (χ0) is 13.8. The summed E-state index contributed by atoms with van der Waals surface area (Å²) in [4.78, 5) is 14.3. The monoisotopic (exact) mass is 280 g/mol. The van der Waals surface area contributed by atoms with Crippen LogP contribution in [0, 0.1) is 10.1 Å². The number of non-ortho nitro benzene ring substituents is 1. The van der Waals surface area contributed by atoms with Crippen molar-refractivity contribution in [2.45, 2.75) is 19.6 Å². The van der Waals surface area contributed by atoms with Crippen LogP contribution < -0.4 is 4.74 Å². The average molecular weight is 280 g/mol. The Morgan fingerprint density at radius 3 is 2.95 bits per heavy atom. The van der Waals surface area contributed by atoms with Crippen molar-refractivity contribution >= 4 is 17.0 Å². The van der Waals surface area contributed by atoms with Crippen LogP contribution in [0.2, 0.25) is 0 Å². The molecule has 2 rings (SSSR count). The third kappa shape index (κ3) is 3.27. The lowest BCUT2D eigenvalue weighted by Gasteiger charge is -2.12. The lowest BCUT2D eigenvalue weighted by atomic mass is 10.1. The third-order valence-corrected chi connectivity index (χ3v) is 3.24. The molecule has 0 radical (unpaired) electrons. The van der Waals surface area contributed by atoms with Gasteiger partial charge in [0.1, 0.15) is 17.4 Å². The van der Waals surface area contributed by atoms with Gasteiger partial charge in [-0.1, -0.05) is 0 Å². The molecule has 0 amide bonds. The highest BCUT2D eigenvalue weighted by Gasteiger charge is 2.15. The van der Waals surface area contributed by atoms with E-state index in [1.54, 1.807) is 6.20 Å². The van der Waals surface area contributed by atoms with Crippen molar-refractivity contribution in [2.24, 2.45) is 0 Å². The maximum atomic E-state index is 10.7. The van der Waals surface area contributed by atoms with E-state index in [2.05, 4.69) is 4.98 Å². The van der Waals surface area contributed by atoms with Gasteiger partial charge in [-0.25, -0.2) is 4.98 Å². The number of nitrogens with zero attached hydrogens (tertiary/aromatic N) is 2. The Balaban J connectivity index is 2.21. The van der Waals surface area contributed by atoms with Gasteiger partial charge in [0.15, 0.2) is 0 Å². The van der Waals surface area contributed by atoms with Crippen LogP contribution in [0.1, 0.15) is 23.6 Å². The first-order chi connectivity index (χ1) is 9.08. The number of benzene rings is 1. The van der Waals surface area contributed by atoms with Gasteiger partial charge < -0.3 is 9.84 Å². The van der Waals surface area contributed by atoms with Crippen molar-refractivity contribution < 1.29 is 14.8 Å². The van der Waals surface area contributed by atoms with Crippen LogP contribution in [-0.4, -0.2) is 15.0 Å². The molecule has 2 aromatic rings. The summed E-state index contributed by atoms with van der Waals surface area (Å²) in [5, 5.41) is 23.0. The summed E-state index contributed by atoms with van der Waals surface area (Å²) in [5.74, 6) is 0.427. The SMILES string of the molecule is C[C@@H](O)c1cc([N+](=O)[O-])ccc1OCc1nccs1. The van der Waals surface area contributed by atoms with Gasteiger partial charge in [-0.15, -0.1) is 11.3 Å². The van der Waals surface area contributed by atoms with Crippen LogP contribution >= 0.6 is 11.3 Å². The minimum atomic E-state index is -0.841. The van der Waals surface area contributed by atoms with Gasteiger partial charge >= 0.3 is 0 Å². The fourth-order valence-corrected chi connectivity index (χ4v) is 2.10. The van der Waals surface area contributed by atoms with Gasteiger partial charge in [0, 0.05) is 29.3 Å². The Bertz CT molecular complexity index is 569. The van der Waals surface area contributed by atoms with E-state index in [0.29, 0.717) is 11.3 Å². The number of rotatable bonds is 5. The molecule has 1 N–H and O–H groups in total. The third-order valence-electron chi connectivity index (χ3n) is 2.49. The first kappa shape index (κ1) is 13.4. The van der Waals surface area contributed by atoms with Gasteiger partial charge in [0.25, 0.3) is 5.69 Å². The highest BCUT2D eigenvalue weighted by atomic mass is 32.1. The molecule has 0 aliphatic carbocycles. The summed E-state index contributed by atoms with van der Waals surface area (Å²) < 4.78 is 5.54. The summed E-state index contributed by atoms with van der Waals surface area (Å²) in [5.41, 5.74) is 0.322. The first-order valence-electron chi connectivity index (χ1n) is 5.55. The molecule has 19 heavy (non-hydrogen) atoms. The van der Waals surface area contributed by atoms with Gasteiger partial charge in [0.2, 0.25) is 0 Å². The molecule has 100 valence electrons. The molecular weight excluding hydrogens is 268 g/mol. The van der Waals surface area contributed by atoms with Gasteiger partial charge in [0.05, 0.1) is 11.0 Å². The van der Waals surface area contributed by atoms with Gasteiger partial charge in [-0.2, -0.15) is 0 Å².